The largest absolute Gasteiger partial charge is 0.505 e. The molecule has 15 nitrogen and oxygen atoms in total. The summed E-state index contributed by atoms with van der Waals surface area (Å²) in [5.74, 6) is -4.03. The fourth-order valence-corrected chi connectivity index (χ4v) is 10.4. The van der Waals surface area contributed by atoms with Crippen molar-refractivity contribution in [1.29, 1.82) is 0 Å². The number of pyridine rings is 1. The number of aromatic hydroxyl groups is 1. The number of aromatic carboxylic acids is 1. The summed E-state index contributed by atoms with van der Waals surface area (Å²) in [6.07, 6.45) is 0.557. The lowest BCUT2D eigenvalue weighted by Gasteiger charge is -2.13. The van der Waals surface area contributed by atoms with Crippen LogP contribution in [0.1, 0.15) is 54.8 Å². The van der Waals surface area contributed by atoms with Crippen LogP contribution < -0.4 is 16.1 Å². The van der Waals surface area contributed by atoms with E-state index >= 15 is 0 Å². The number of carboxylic acids is 1. The van der Waals surface area contributed by atoms with Crippen molar-refractivity contribution in [3.63, 3.8) is 0 Å². The predicted molar refractivity (Wildman–Crippen MR) is 314 cm³/mol. The topological polar surface area (TPSA) is 247 Å². The lowest BCUT2D eigenvalue weighted by atomic mass is 9.83. The maximum absolute atomic E-state index is 11.9. The number of carbonyl (C=O) groups is 7. The number of halogens is 3. The van der Waals surface area contributed by atoms with Crippen molar-refractivity contribution in [1.82, 2.24) is 4.98 Å². The number of carbonyl (C=O) groups excluding carboxylic acids is 6. The van der Waals surface area contributed by atoms with Crippen molar-refractivity contribution in [2.24, 2.45) is 0 Å². The zero-order valence-corrected chi connectivity index (χ0v) is 46.7. The molecule has 5 aromatic carbocycles. The molecule has 6 heterocycles. The fourth-order valence-electron chi connectivity index (χ4n) is 7.56. The number of nitrogens with one attached hydrogen (secondary N) is 2. The minimum absolute atomic E-state index is 0.124. The van der Waals surface area contributed by atoms with Crippen LogP contribution in [0.15, 0.2) is 154 Å². The number of ketones is 3. The van der Waals surface area contributed by atoms with E-state index in [9.17, 15) is 43.8 Å². The van der Waals surface area contributed by atoms with Gasteiger partial charge in [-0.15, -0.1) is 0 Å². The number of aromatic nitrogens is 1. The molecule has 9 aromatic rings. The number of anilines is 2. The van der Waals surface area contributed by atoms with E-state index in [0.29, 0.717) is 61.0 Å². The van der Waals surface area contributed by atoms with Crippen LogP contribution in [0.4, 0.5) is 11.4 Å². The van der Waals surface area contributed by atoms with Gasteiger partial charge in [-0.1, -0.05) is 89.9 Å². The zero-order chi connectivity index (χ0) is 56.0. The summed E-state index contributed by atoms with van der Waals surface area (Å²) in [6, 6.07) is 35.8. The van der Waals surface area contributed by atoms with Gasteiger partial charge in [0.25, 0.3) is 23.4 Å². The van der Waals surface area contributed by atoms with Gasteiger partial charge in [0.2, 0.25) is 0 Å². The minimum atomic E-state index is -1.30. The summed E-state index contributed by atoms with van der Waals surface area (Å²) in [4.78, 5) is 83.1. The SMILES string of the molecule is CC(=O)OCC(=O)Cc1ccc(Cl)cc1.O=C(O)c1c(O)c(Cc2ccc(Cl)cc2)nc2c(-c3ccsc3)cccc12.O=C1Nc2c(I)cccc2C1=O.O=C1Nc2c(cccc2-c2ccsc2)C1=O.OB(O)c1ccsc1. The van der Waals surface area contributed by atoms with Gasteiger partial charge >= 0.3 is 19.1 Å². The monoisotopic (exact) mass is 1250 g/mol. The normalized spacial score (nSPS) is 11.7. The van der Waals surface area contributed by atoms with Crippen LogP contribution in [0, 0.1) is 3.57 Å². The highest BCUT2D eigenvalue weighted by atomic mass is 127. The number of benzene rings is 5. The molecular formula is C56H41BCl2IN3O12S3. The Morgan fingerprint density at radius 1 is 0.654 bits per heavy atom. The lowest BCUT2D eigenvalue weighted by molar-refractivity contribution is -0.145. The van der Waals surface area contributed by atoms with E-state index in [0.717, 1.165) is 37.0 Å². The lowest BCUT2D eigenvalue weighted by Crippen LogP contribution is -2.27. The number of para-hydroxylation sites is 3. The summed E-state index contributed by atoms with van der Waals surface area (Å²) in [6.45, 7) is 1.10. The molecule has 2 amide bonds. The fraction of sp³-hybridized carbons (Fsp3) is 0.0714. The second-order valence-electron chi connectivity index (χ2n) is 16.6. The molecule has 78 heavy (non-hydrogen) atoms. The van der Waals surface area contributed by atoms with E-state index in [1.807, 2.05) is 64.0 Å². The number of hydrogen-bond donors (Lipinski definition) is 6. The van der Waals surface area contributed by atoms with Crippen molar-refractivity contribution in [3.05, 3.63) is 201 Å². The van der Waals surface area contributed by atoms with Crippen LogP contribution in [-0.2, 0) is 36.8 Å². The van der Waals surface area contributed by atoms with Crippen LogP contribution in [0.25, 0.3) is 33.2 Å². The third-order valence-corrected chi connectivity index (χ3v) is 14.7. The van der Waals surface area contributed by atoms with Gasteiger partial charge in [0, 0.05) is 49.9 Å². The van der Waals surface area contributed by atoms with Gasteiger partial charge in [0.15, 0.2) is 11.5 Å². The van der Waals surface area contributed by atoms with Crippen LogP contribution in [0.3, 0.4) is 0 Å². The van der Waals surface area contributed by atoms with Crippen LogP contribution in [-0.4, -0.2) is 80.1 Å². The van der Waals surface area contributed by atoms with Gasteiger partial charge in [-0.25, -0.2) is 9.78 Å². The van der Waals surface area contributed by atoms with Gasteiger partial charge in [-0.2, -0.15) is 34.0 Å². The number of carboxylic acid groups (broad SMARTS) is 1. The quantitative estimate of drug-likeness (QED) is 0.0323. The number of fused-ring (bicyclic) bond motifs is 3. The van der Waals surface area contributed by atoms with Gasteiger partial charge < -0.3 is 35.6 Å². The summed E-state index contributed by atoms with van der Waals surface area (Å²) < 4.78 is 5.48. The van der Waals surface area contributed by atoms with Crippen molar-refractivity contribution >= 4 is 156 Å². The summed E-state index contributed by atoms with van der Waals surface area (Å²) in [5, 5.41) is 55.5. The third-order valence-electron chi connectivity index (χ3n) is 11.3. The molecule has 0 saturated heterocycles. The van der Waals surface area contributed by atoms with Gasteiger partial charge in [-0.05, 0) is 137 Å². The van der Waals surface area contributed by atoms with E-state index in [4.69, 9.17) is 33.2 Å². The first-order valence-corrected chi connectivity index (χ1v) is 27.6. The molecule has 11 rings (SSSR count). The molecule has 22 heteroatoms. The molecule has 394 valence electrons. The van der Waals surface area contributed by atoms with Crippen LogP contribution in [0.2, 0.25) is 10.0 Å². The number of rotatable bonds is 10. The molecule has 0 unspecified atom stereocenters. The number of nitrogens with zero attached hydrogens (tertiary/aromatic N) is 1. The second kappa shape index (κ2) is 27.3. The first-order chi connectivity index (χ1) is 37.4. The molecule has 0 aliphatic carbocycles. The Labute approximate surface area is 481 Å². The maximum Gasteiger partial charge on any atom is 0.489 e. The van der Waals surface area contributed by atoms with E-state index < -0.39 is 42.4 Å². The predicted octanol–water partition coefficient (Wildman–Crippen LogP) is 11.0. The number of Topliss-reactive ketones (excluding diaryl/α,β-unsaturated/α-hetero) is 3. The first-order valence-electron chi connectivity index (χ1n) is 23.0. The highest BCUT2D eigenvalue weighted by molar-refractivity contribution is 14.1. The maximum atomic E-state index is 11.9. The van der Waals surface area contributed by atoms with Crippen molar-refractivity contribution in [3.8, 4) is 28.0 Å². The highest BCUT2D eigenvalue weighted by Crippen LogP contribution is 2.37. The van der Waals surface area contributed by atoms with Crippen LogP contribution >= 0.6 is 79.8 Å². The number of thiophene rings is 3. The minimum Gasteiger partial charge on any atom is -0.505 e. The first kappa shape index (κ1) is 58.3. The Morgan fingerprint density at radius 3 is 1.69 bits per heavy atom. The van der Waals surface area contributed by atoms with Gasteiger partial charge in [0.05, 0.1) is 33.7 Å². The molecular weight excluding hydrogens is 1210 g/mol. The smallest absolute Gasteiger partial charge is 0.489 e. The second-order valence-corrected chi connectivity index (χ2v) is 21.0. The third kappa shape index (κ3) is 15.0. The number of hydrogen-bond acceptors (Lipinski definition) is 15. The van der Waals surface area contributed by atoms with Gasteiger partial charge in [0.1, 0.15) is 12.2 Å². The molecule has 0 fully saturated rings. The van der Waals surface area contributed by atoms with E-state index in [2.05, 4.69) is 42.9 Å². The number of ether oxygens (including phenoxy) is 1. The average molecular weight is 1250 g/mol. The average Bonchev–Trinajstić information content (AvgIpc) is 4.35. The summed E-state index contributed by atoms with van der Waals surface area (Å²) >= 11 is 18.3. The number of amides is 2. The molecule has 0 spiro atoms. The summed E-state index contributed by atoms with van der Waals surface area (Å²) in [5.41, 5.74) is 9.03. The standard InChI is InChI=1S/C21H14ClNO3S.C12H7NO2S.C11H11ClO3.C8H4INO2.C4H5BO2S/c22-14-6-4-12(5-7-14)10-17-20(24)18(21(25)26)16-3-1-2-15(19(16)23-17)13-8-9-27-11-13;14-11-9-3-1-2-8(7-4-5-16-6-7)10(9)13-12(11)15;1-8(13)15-7-11(14)6-9-2-4-10(12)5-3-9;9-5-3-1-2-4-6(5)10-8(12)7(4)11;6-5(7)4-1-2-8-3-4/h1-9,11,24H,10H2,(H,25,26);1-6H,(H,13,14,15);2-5H,6-7H2,1H3;1-3H,(H,10,11,12);1-3,6-7H. The van der Waals surface area contributed by atoms with E-state index in [-0.39, 0.29) is 30.1 Å². The molecule has 4 aromatic heterocycles. The molecule has 0 saturated carbocycles. The van der Waals surface area contributed by atoms with Crippen molar-refractivity contribution < 1.29 is 58.6 Å². The van der Waals surface area contributed by atoms with E-state index in [1.54, 1.807) is 112 Å². The van der Waals surface area contributed by atoms with E-state index in [1.165, 1.54) is 18.3 Å². The van der Waals surface area contributed by atoms with Crippen molar-refractivity contribution in [2.75, 3.05) is 17.2 Å². The molecule has 6 N–H and O–H groups in total. The van der Waals surface area contributed by atoms with Crippen LogP contribution in [0.5, 0.6) is 5.75 Å². The Bertz CT molecular complexity index is 3660. The molecule has 2 aliphatic heterocycles. The molecule has 0 radical (unpaired) electrons. The van der Waals surface area contributed by atoms with Gasteiger partial charge in [-0.3, -0.25) is 28.8 Å². The Hall–Kier alpha value is -7.41. The Kier molecular flexibility index (Phi) is 20.4. The Balaban J connectivity index is 0.000000150. The zero-order valence-electron chi connectivity index (χ0n) is 40.6. The number of esters is 1. The van der Waals surface area contributed by atoms with Crippen molar-refractivity contribution in [2.45, 2.75) is 19.8 Å². The Morgan fingerprint density at radius 2 is 1.17 bits per heavy atom. The molecule has 0 atom stereocenters. The molecule has 2 aliphatic rings. The highest BCUT2D eigenvalue weighted by Gasteiger charge is 2.31. The molecule has 0 bridgehead atoms. The summed E-state index contributed by atoms with van der Waals surface area (Å²) in [7, 11) is -1.30.